The number of nitro groups is 1. The molecule has 0 aliphatic carbocycles. The van der Waals surface area contributed by atoms with Crippen LogP contribution in [0.4, 0.5) is 11.4 Å². The van der Waals surface area contributed by atoms with E-state index >= 15 is 0 Å². The van der Waals surface area contributed by atoms with Gasteiger partial charge in [-0.2, -0.15) is 5.10 Å². The van der Waals surface area contributed by atoms with E-state index in [0.29, 0.717) is 23.1 Å². The second-order valence-electron chi connectivity index (χ2n) is 9.15. The number of aromatic nitrogens is 3. The summed E-state index contributed by atoms with van der Waals surface area (Å²) >= 11 is 12.5. The van der Waals surface area contributed by atoms with Gasteiger partial charge in [0.2, 0.25) is 0 Å². The van der Waals surface area contributed by atoms with E-state index in [1.807, 2.05) is 28.9 Å². The predicted molar refractivity (Wildman–Crippen MR) is 146 cm³/mol. The molecule has 5 rings (SSSR count). The predicted octanol–water partition coefficient (Wildman–Crippen LogP) is 5.84. The second-order valence-corrected chi connectivity index (χ2v) is 9.99. The summed E-state index contributed by atoms with van der Waals surface area (Å²) in [6.07, 6.45) is 0. The van der Waals surface area contributed by atoms with Crippen molar-refractivity contribution in [2.24, 2.45) is 0 Å². The van der Waals surface area contributed by atoms with Gasteiger partial charge in [0.15, 0.2) is 11.6 Å². The molecule has 10 heteroatoms. The van der Waals surface area contributed by atoms with E-state index in [0.717, 1.165) is 54.6 Å². The number of nitro benzene ring substituents is 1. The number of aryl methyl sites for hydroxylation is 1. The average molecular weight is 537 g/mol. The number of benzene rings is 3. The van der Waals surface area contributed by atoms with E-state index in [9.17, 15) is 10.1 Å². The van der Waals surface area contributed by atoms with Crippen molar-refractivity contribution in [3.63, 3.8) is 0 Å². The Hall–Kier alpha value is -3.46. The van der Waals surface area contributed by atoms with Crippen LogP contribution >= 0.6 is 23.2 Å². The Morgan fingerprint density at radius 2 is 1.62 bits per heavy atom. The molecule has 190 valence electrons. The smallest absolute Gasteiger partial charge is 0.269 e. The SMILES string of the molecule is Cc1ccc(-c2nc(CN3CCN(c4ccc([N+](=O)[O-])cc4)CC3)nn2Cc2ccc(Cl)cc2Cl)cc1. The molecule has 37 heavy (non-hydrogen) atoms. The van der Waals surface area contributed by atoms with Crippen molar-refractivity contribution in [2.45, 2.75) is 20.0 Å². The van der Waals surface area contributed by atoms with Crippen LogP contribution in [0.3, 0.4) is 0 Å². The molecular weight excluding hydrogens is 511 g/mol. The highest BCUT2D eigenvalue weighted by Crippen LogP contribution is 2.25. The van der Waals surface area contributed by atoms with Crippen LogP contribution in [-0.4, -0.2) is 50.8 Å². The number of hydrogen-bond donors (Lipinski definition) is 0. The van der Waals surface area contributed by atoms with E-state index in [4.69, 9.17) is 33.3 Å². The largest absolute Gasteiger partial charge is 0.369 e. The molecule has 1 fully saturated rings. The Balaban J connectivity index is 1.31. The molecule has 0 spiro atoms. The number of anilines is 1. The first-order valence-electron chi connectivity index (χ1n) is 12.0. The first kappa shape index (κ1) is 25.2. The van der Waals surface area contributed by atoms with E-state index in [1.165, 1.54) is 5.56 Å². The van der Waals surface area contributed by atoms with Crippen LogP contribution in [0, 0.1) is 17.0 Å². The van der Waals surface area contributed by atoms with Gasteiger partial charge in [0.1, 0.15) is 0 Å². The van der Waals surface area contributed by atoms with Crippen molar-refractivity contribution >= 4 is 34.6 Å². The monoisotopic (exact) mass is 536 g/mol. The van der Waals surface area contributed by atoms with Gasteiger partial charge in [-0.3, -0.25) is 15.0 Å². The molecule has 3 aromatic carbocycles. The molecule has 0 unspecified atom stereocenters. The summed E-state index contributed by atoms with van der Waals surface area (Å²) in [6, 6.07) is 20.5. The van der Waals surface area contributed by atoms with Crippen LogP contribution in [0.1, 0.15) is 17.0 Å². The summed E-state index contributed by atoms with van der Waals surface area (Å²) in [5.74, 6) is 1.55. The van der Waals surface area contributed by atoms with Gasteiger partial charge in [0, 0.05) is 59.6 Å². The lowest BCUT2D eigenvalue weighted by molar-refractivity contribution is -0.384. The quantitative estimate of drug-likeness (QED) is 0.218. The zero-order chi connectivity index (χ0) is 25.9. The summed E-state index contributed by atoms with van der Waals surface area (Å²) in [6.45, 7) is 6.51. The van der Waals surface area contributed by atoms with E-state index < -0.39 is 0 Å². The fraction of sp³-hybridized carbons (Fsp3) is 0.259. The summed E-state index contributed by atoms with van der Waals surface area (Å²) in [5.41, 5.74) is 4.20. The molecule has 1 aliphatic heterocycles. The number of rotatable bonds is 7. The molecular formula is C27H26Cl2N6O2. The normalized spacial score (nSPS) is 14.2. The first-order chi connectivity index (χ1) is 17.9. The molecule has 2 heterocycles. The number of hydrogen-bond acceptors (Lipinski definition) is 6. The molecule has 4 aromatic rings. The number of nitrogens with zero attached hydrogens (tertiary/aromatic N) is 6. The third-order valence-corrected chi connectivity index (χ3v) is 7.11. The lowest BCUT2D eigenvalue weighted by Gasteiger charge is -2.35. The topological polar surface area (TPSA) is 80.3 Å². The van der Waals surface area contributed by atoms with Gasteiger partial charge < -0.3 is 4.90 Å². The lowest BCUT2D eigenvalue weighted by Crippen LogP contribution is -2.46. The maximum atomic E-state index is 10.9. The van der Waals surface area contributed by atoms with Gasteiger partial charge >= 0.3 is 0 Å². The number of non-ortho nitro benzene ring substituents is 1. The van der Waals surface area contributed by atoms with Gasteiger partial charge in [-0.15, -0.1) is 0 Å². The summed E-state index contributed by atoms with van der Waals surface area (Å²) in [5, 5.41) is 17.0. The van der Waals surface area contributed by atoms with Gasteiger partial charge in [-0.25, -0.2) is 9.67 Å². The summed E-state index contributed by atoms with van der Waals surface area (Å²) < 4.78 is 1.91. The lowest BCUT2D eigenvalue weighted by atomic mass is 10.1. The van der Waals surface area contributed by atoms with Crippen LogP contribution < -0.4 is 4.90 Å². The molecule has 0 amide bonds. The van der Waals surface area contributed by atoms with Crippen molar-refractivity contribution < 1.29 is 4.92 Å². The molecule has 1 saturated heterocycles. The van der Waals surface area contributed by atoms with Crippen molar-refractivity contribution in [2.75, 3.05) is 31.1 Å². The summed E-state index contributed by atoms with van der Waals surface area (Å²) in [7, 11) is 0. The molecule has 0 atom stereocenters. The van der Waals surface area contributed by atoms with E-state index in [-0.39, 0.29) is 10.6 Å². The maximum absolute atomic E-state index is 10.9. The van der Waals surface area contributed by atoms with Crippen molar-refractivity contribution in [3.05, 3.63) is 104 Å². The Labute approximate surface area is 225 Å². The minimum Gasteiger partial charge on any atom is -0.369 e. The fourth-order valence-electron chi connectivity index (χ4n) is 4.44. The van der Waals surface area contributed by atoms with E-state index in [2.05, 4.69) is 41.0 Å². The third kappa shape index (κ3) is 5.93. The average Bonchev–Trinajstić information content (AvgIpc) is 3.28. The number of piperazine rings is 1. The standard InChI is InChI=1S/C27H26Cl2N6O2/c1-19-2-4-20(5-3-19)27-30-26(31-34(27)17-21-6-7-22(28)16-25(21)29)18-32-12-14-33(15-13-32)23-8-10-24(11-9-23)35(36)37/h2-11,16H,12-15,17-18H2,1H3. The molecule has 0 radical (unpaired) electrons. The Morgan fingerprint density at radius 3 is 2.27 bits per heavy atom. The Bertz CT molecular complexity index is 1400. The van der Waals surface area contributed by atoms with Crippen LogP contribution in [0.2, 0.25) is 10.0 Å². The van der Waals surface area contributed by atoms with Gasteiger partial charge in [-0.1, -0.05) is 59.1 Å². The molecule has 0 saturated carbocycles. The van der Waals surface area contributed by atoms with Crippen molar-refractivity contribution in [1.82, 2.24) is 19.7 Å². The molecule has 0 N–H and O–H groups in total. The number of halogens is 2. The molecule has 8 nitrogen and oxygen atoms in total. The highest BCUT2D eigenvalue weighted by Gasteiger charge is 2.21. The van der Waals surface area contributed by atoms with Gasteiger partial charge in [0.25, 0.3) is 5.69 Å². The highest BCUT2D eigenvalue weighted by molar-refractivity contribution is 6.35. The van der Waals surface area contributed by atoms with E-state index in [1.54, 1.807) is 18.2 Å². The van der Waals surface area contributed by atoms with Crippen LogP contribution in [-0.2, 0) is 13.1 Å². The van der Waals surface area contributed by atoms with Gasteiger partial charge in [0.05, 0.1) is 18.0 Å². The maximum Gasteiger partial charge on any atom is 0.269 e. The molecule has 1 aliphatic rings. The summed E-state index contributed by atoms with van der Waals surface area (Å²) in [4.78, 5) is 20.0. The highest BCUT2D eigenvalue weighted by atomic mass is 35.5. The Kier molecular flexibility index (Phi) is 7.41. The third-order valence-electron chi connectivity index (χ3n) is 6.52. The van der Waals surface area contributed by atoms with Crippen molar-refractivity contribution in [1.29, 1.82) is 0 Å². The fourth-order valence-corrected chi connectivity index (χ4v) is 4.91. The second kappa shape index (κ2) is 10.9. The van der Waals surface area contributed by atoms with Crippen molar-refractivity contribution in [3.8, 4) is 11.4 Å². The molecule has 0 bridgehead atoms. The Morgan fingerprint density at radius 1 is 0.919 bits per heavy atom. The van der Waals surface area contributed by atoms with Crippen LogP contribution in [0.5, 0.6) is 0 Å². The minimum atomic E-state index is -0.375. The van der Waals surface area contributed by atoms with Gasteiger partial charge in [-0.05, 0) is 36.8 Å². The minimum absolute atomic E-state index is 0.105. The zero-order valence-electron chi connectivity index (χ0n) is 20.3. The van der Waals surface area contributed by atoms with Crippen LogP contribution in [0.25, 0.3) is 11.4 Å². The van der Waals surface area contributed by atoms with Crippen LogP contribution in [0.15, 0.2) is 66.7 Å². The molecule has 1 aromatic heterocycles. The first-order valence-corrected chi connectivity index (χ1v) is 12.8. The zero-order valence-corrected chi connectivity index (χ0v) is 21.9.